The quantitative estimate of drug-likeness (QED) is 0.629. The van der Waals surface area contributed by atoms with Crippen LogP contribution in [0.25, 0.3) is 10.9 Å². The molecular weight excluding hydrogens is 424 g/mol. The van der Waals surface area contributed by atoms with Gasteiger partial charge in [-0.2, -0.15) is 4.31 Å². The van der Waals surface area contributed by atoms with E-state index in [0.717, 1.165) is 35.1 Å². The van der Waals surface area contributed by atoms with Gasteiger partial charge in [0.2, 0.25) is 10.0 Å². The van der Waals surface area contributed by atoms with Crippen LogP contribution in [0, 0.1) is 11.6 Å². The van der Waals surface area contributed by atoms with Crippen LogP contribution in [-0.4, -0.2) is 60.0 Å². The lowest BCUT2D eigenvalue weighted by molar-refractivity contribution is 0.0928. The Morgan fingerprint density at radius 1 is 1.03 bits per heavy atom. The summed E-state index contributed by atoms with van der Waals surface area (Å²) in [7, 11) is -3.90. The van der Waals surface area contributed by atoms with Gasteiger partial charge in [-0.25, -0.2) is 17.2 Å². The second kappa shape index (κ2) is 8.66. The van der Waals surface area contributed by atoms with E-state index in [-0.39, 0.29) is 18.0 Å². The lowest BCUT2D eigenvalue weighted by atomic mass is 10.1. The van der Waals surface area contributed by atoms with Crippen molar-refractivity contribution in [3.05, 3.63) is 65.9 Å². The lowest BCUT2D eigenvalue weighted by Crippen LogP contribution is -2.49. The number of piperazine rings is 1. The molecular formula is C22H25F2N3O3S. The summed E-state index contributed by atoms with van der Waals surface area (Å²) in [4.78, 5) is 1.76. The summed E-state index contributed by atoms with van der Waals surface area (Å²) < 4.78 is 55.5. The lowest BCUT2D eigenvalue weighted by Gasteiger charge is -2.34. The number of sulfonamides is 1. The van der Waals surface area contributed by atoms with Gasteiger partial charge in [-0.05, 0) is 31.2 Å². The molecule has 6 nitrogen and oxygen atoms in total. The number of halogens is 2. The summed E-state index contributed by atoms with van der Waals surface area (Å²) in [5.41, 5.74) is 1.93. The van der Waals surface area contributed by atoms with Gasteiger partial charge < -0.3 is 9.67 Å². The minimum absolute atomic E-state index is 0.213. The number of β-amino-alcohol motifs (C(OH)–C–C–N with tert-alkyl or cyclic N) is 1. The first kappa shape index (κ1) is 21.9. The highest BCUT2D eigenvalue weighted by molar-refractivity contribution is 7.89. The summed E-state index contributed by atoms with van der Waals surface area (Å²) in [6, 6.07) is 10.5. The molecule has 0 amide bonds. The largest absolute Gasteiger partial charge is 0.387 e. The summed E-state index contributed by atoms with van der Waals surface area (Å²) >= 11 is 0. The first-order chi connectivity index (χ1) is 14.8. The molecule has 1 aliphatic heterocycles. The van der Waals surface area contributed by atoms with Gasteiger partial charge in [0.1, 0.15) is 0 Å². The maximum atomic E-state index is 13.5. The van der Waals surface area contributed by atoms with Crippen molar-refractivity contribution in [2.75, 3.05) is 32.7 Å². The number of nitrogens with zero attached hydrogens (tertiary/aromatic N) is 3. The molecule has 9 heteroatoms. The van der Waals surface area contributed by atoms with Gasteiger partial charge in [0, 0.05) is 61.9 Å². The second-order valence-electron chi connectivity index (χ2n) is 7.68. The van der Waals surface area contributed by atoms with Gasteiger partial charge in [0.25, 0.3) is 0 Å². The number of aromatic nitrogens is 1. The number of fused-ring (bicyclic) bond motifs is 1. The van der Waals surface area contributed by atoms with Crippen LogP contribution >= 0.6 is 0 Å². The van der Waals surface area contributed by atoms with Crippen LogP contribution in [0.1, 0.15) is 18.6 Å². The predicted molar refractivity (Wildman–Crippen MR) is 114 cm³/mol. The SMILES string of the molecule is CCn1cc(C(O)CN2CCN(S(=O)(=O)c3ccc(F)c(F)c3)CC2)c2ccccc21. The van der Waals surface area contributed by atoms with Gasteiger partial charge >= 0.3 is 0 Å². The first-order valence-electron chi connectivity index (χ1n) is 10.2. The van der Waals surface area contributed by atoms with E-state index in [4.69, 9.17) is 0 Å². The zero-order valence-corrected chi connectivity index (χ0v) is 18.0. The molecule has 3 aromatic rings. The maximum absolute atomic E-state index is 13.5. The molecule has 0 radical (unpaired) electrons. The summed E-state index contributed by atoms with van der Waals surface area (Å²) in [5, 5.41) is 11.9. The highest BCUT2D eigenvalue weighted by Gasteiger charge is 2.30. The van der Waals surface area contributed by atoms with E-state index in [2.05, 4.69) is 11.5 Å². The second-order valence-corrected chi connectivity index (χ2v) is 9.62. The molecule has 4 rings (SSSR count). The van der Waals surface area contributed by atoms with Crippen molar-refractivity contribution in [1.29, 1.82) is 0 Å². The van der Waals surface area contributed by atoms with Crippen molar-refractivity contribution in [3.63, 3.8) is 0 Å². The van der Waals surface area contributed by atoms with E-state index < -0.39 is 27.8 Å². The van der Waals surface area contributed by atoms with Crippen LogP contribution in [0.3, 0.4) is 0 Å². The third-order valence-corrected chi connectivity index (χ3v) is 7.70. The van der Waals surface area contributed by atoms with Crippen molar-refractivity contribution in [2.24, 2.45) is 0 Å². The molecule has 1 N–H and O–H groups in total. The Kier molecular flexibility index (Phi) is 6.11. The Labute approximate surface area is 180 Å². The number of hydrogen-bond acceptors (Lipinski definition) is 4. The van der Waals surface area contributed by atoms with Gasteiger partial charge in [-0.1, -0.05) is 18.2 Å². The summed E-state index contributed by atoms with van der Waals surface area (Å²) in [6.07, 6.45) is 1.27. The monoisotopic (exact) mass is 449 g/mol. The van der Waals surface area contributed by atoms with Gasteiger partial charge in [-0.15, -0.1) is 0 Å². The Bertz CT molecular complexity index is 1190. The highest BCUT2D eigenvalue weighted by Crippen LogP contribution is 2.28. The average Bonchev–Trinajstić information content (AvgIpc) is 3.15. The van der Waals surface area contributed by atoms with Crippen molar-refractivity contribution in [2.45, 2.75) is 24.5 Å². The first-order valence-corrected chi connectivity index (χ1v) is 11.7. The van der Waals surface area contributed by atoms with E-state index in [1.165, 1.54) is 4.31 Å². The molecule has 2 aromatic carbocycles. The normalized spacial score (nSPS) is 17.3. The van der Waals surface area contributed by atoms with Crippen LogP contribution in [0.4, 0.5) is 8.78 Å². The molecule has 0 aliphatic carbocycles. The van der Waals surface area contributed by atoms with Crippen LogP contribution in [0.2, 0.25) is 0 Å². The van der Waals surface area contributed by atoms with E-state index in [1.807, 2.05) is 35.4 Å². The number of aryl methyl sites for hydroxylation is 1. The molecule has 31 heavy (non-hydrogen) atoms. The third kappa shape index (κ3) is 4.23. The zero-order chi connectivity index (χ0) is 22.2. The van der Waals surface area contributed by atoms with E-state index in [1.54, 1.807) is 0 Å². The fourth-order valence-corrected chi connectivity index (χ4v) is 5.52. The minimum Gasteiger partial charge on any atom is -0.387 e. The molecule has 166 valence electrons. The van der Waals surface area contributed by atoms with Crippen LogP contribution in [-0.2, 0) is 16.6 Å². The molecule has 1 saturated heterocycles. The topological polar surface area (TPSA) is 65.8 Å². The highest BCUT2D eigenvalue weighted by atomic mass is 32.2. The third-order valence-electron chi connectivity index (χ3n) is 5.81. The Morgan fingerprint density at radius 2 is 1.74 bits per heavy atom. The molecule has 1 atom stereocenters. The number of aliphatic hydroxyl groups is 1. The van der Waals surface area contributed by atoms with Crippen molar-refractivity contribution in [3.8, 4) is 0 Å². The van der Waals surface area contributed by atoms with E-state index in [9.17, 15) is 22.3 Å². The predicted octanol–water partition coefficient (Wildman–Crippen LogP) is 2.98. The average molecular weight is 450 g/mol. The Hall–Kier alpha value is -2.33. The van der Waals surface area contributed by atoms with Crippen LogP contribution < -0.4 is 0 Å². The molecule has 0 bridgehead atoms. The fourth-order valence-electron chi connectivity index (χ4n) is 4.08. The van der Waals surface area contributed by atoms with E-state index in [0.29, 0.717) is 25.7 Å². The number of aliphatic hydroxyl groups excluding tert-OH is 1. The van der Waals surface area contributed by atoms with Gasteiger partial charge in [-0.3, -0.25) is 4.90 Å². The molecule has 1 aromatic heterocycles. The standard InChI is InChI=1S/C22H25F2N3O3S/c1-2-26-14-18(17-5-3-4-6-21(17)26)22(28)15-25-9-11-27(12-10-25)31(29,30)16-7-8-19(23)20(24)13-16/h3-8,13-14,22,28H,2,9-12,15H2,1H3. The van der Waals surface area contributed by atoms with Crippen LogP contribution in [0.5, 0.6) is 0 Å². The fraction of sp³-hybridized carbons (Fsp3) is 0.364. The molecule has 0 saturated carbocycles. The number of hydrogen-bond donors (Lipinski definition) is 1. The van der Waals surface area contributed by atoms with Crippen molar-refractivity contribution >= 4 is 20.9 Å². The van der Waals surface area contributed by atoms with Gasteiger partial charge in [0.15, 0.2) is 11.6 Å². The number of benzene rings is 2. The van der Waals surface area contributed by atoms with Crippen molar-refractivity contribution in [1.82, 2.24) is 13.8 Å². The summed E-state index contributed by atoms with van der Waals surface area (Å²) in [6.45, 7) is 4.54. The number of rotatable bonds is 6. The van der Waals surface area contributed by atoms with Gasteiger partial charge in [0.05, 0.1) is 11.0 Å². The number of para-hydroxylation sites is 1. The Balaban J connectivity index is 1.43. The molecule has 1 fully saturated rings. The van der Waals surface area contributed by atoms with Crippen LogP contribution in [0.15, 0.2) is 53.6 Å². The summed E-state index contributed by atoms with van der Waals surface area (Å²) in [5.74, 6) is -2.27. The molecule has 1 unspecified atom stereocenters. The Morgan fingerprint density at radius 3 is 2.42 bits per heavy atom. The molecule has 1 aliphatic rings. The maximum Gasteiger partial charge on any atom is 0.243 e. The van der Waals surface area contributed by atoms with Crippen molar-refractivity contribution < 1.29 is 22.3 Å². The zero-order valence-electron chi connectivity index (χ0n) is 17.2. The molecule has 0 spiro atoms. The smallest absolute Gasteiger partial charge is 0.243 e. The van der Waals surface area contributed by atoms with E-state index >= 15 is 0 Å². The minimum atomic E-state index is -3.90. The molecule has 2 heterocycles.